The van der Waals surface area contributed by atoms with Gasteiger partial charge in [-0.1, -0.05) is 29.3 Å². The summed E-state index contributed by atoms with van der Waals surface area (Å²) in [4.78, 5) is 21.0. The lowest BCUT2D eigenvalue weighted by Gasteiger charge is -2.13. The molecule has 2 aromatic rings. The number of allylic oxidation sites excluding steroid dienone is 1. The van der Waals surface area contributed by atoms with Crippen LogP contribution in [0.4, 0.5) is 11.6 Å². The van der Waals surface area contributed by atoms with Gasteiger partial charge in [-0.2, -0.15) is 0 Å². The maximum atomic E-state index is 12.5. The standard InChI is InChI=1S/C21H25ClN4O/c1-14-10-15(2)19(18(22)11-14)26-20(27)17-12-24-21(25-13-17)23-9-8-16-6-4-3-5-7-16/h6,10-13H,3-5,7-9H2,1-2H3,(H,26,27)(H,23,24,25). The lowest BCUT2D eigenvalue weighted by molar-refractivity contribution is 0.102. The van der Waals surface area contributed by atoms with Crippen molar-refractivity contribution in [1.29, 1.82) is 0 Å². The summed E-state index contributed by atoms with van der Waals surface area (Å²) in [6.07, 6.45) is 11.4. The fraction of sp³-hybridized carbons (Fsp3) is 0.381. The number of carbonyl (C=O) groups is 1. The molecule has 2 N–H and O–H groups in total. The average Bonchev–Trinajstić information content (AvgIpc) is 2.66. The normalized spacial score (nSPS) is 13.8. The zero-order valence-electron chi connectivity index (χ0n) is 15.8. The second-order valence-electron chi connectivity index (χ2n) is 6.97. The van der Waals surface area contributed by atoms with Gasteiger partial charge in [0, 0.05) is 18.9 Å². The molecule has 1 aromatic carbocycles. The van der Waals surface area contributed by atoms with Crippen LogP contribution in [0.5, 0.6) is 0 Å². The lowest BCUT2D eigenvalue weighted by atomic mass is 9.97. The molecule has 3 rings (SSSR count). The van der Waals surface area contributed by atoms with E-state index in [1.165, 1.54) is 43.7 Å². The fourth-order valence-electron chi connectivity index (χ4n) is 3.26. The Hall–Kier alpha value is -2.40. The Labute approximate surface area is 165 Å². The first-order chi connectivity index (χ1) is 13.0. The molecule has 142 valence electrons. The number of amides is 1. The van der Waals surface area contributed by atoms with Crippen molar-refractivity contribution in [2.75, 3.05) is 17.2 Å². The SMILES string of the molecule is Cc1cc(C)c(NC(=O)c2cnc(NCCC3=CCCCC3)nc2)c(Cl)c1. The second kappa shape index (κ2) is 9.00. The molecule has 0 spiro atoms. The van der Waals surface area contributed by atoms with E-state index in [0.29, 0.717) is 22.2 Å². The molecule has 6 heteroatoms. The summed E-state index contributed by atoms with van der Waals surface area (Å²) in [6, 6.07) is 3.81. The van der Waals surface area contributed by atoms with E-state index in [2.05, 4.69) is 26.7 Å². The molecule has 27 heavy (non-hydrogen) atoms. The Morgan fingerprint density at radius 3 is 2.63 bits per heavy atom. The largest absolute Gasteiger partial charge is 0.354 e. The van der Waals surface area contributed by atoms with Gasteiger partial charge in [0.25, 0.3) is 5.91 Å². The highest BCUT2D eigenvalue weighted by molar-refractivity contribution is 6.34. The number of aryl methyl sites for hydroxylation is 2. The third-order valence-corrected chi connectivity index (χ3v) is 5.00. The number of halogens is 1. The van der Waals surface area contributed by atoms with Gasteiger partial charge in [0.05, 0.1) is 16.3 Å². The number of aromatic nitrogens is 2. The first-order valence-electron chi connectivity index (χ1n) is 9.35. The van der Waals surface area contributed by atoms with Gasteiger partial charge in [0.2, 0.25) is 5.95 Å². The minimum atomic E-state index is -0.275. The predicted octanol–water partition coefficient (Wildman–Crippen LogP) is 5.30. The molecule has 1 aromatic heterocycles. The van der Waals surface area contributed by atoms with Crippen LogP contribution in [-0.2, 0) is 0 Å². The summed E-state index contributed by atoms with van der Waals surface area (Å²) in [5.74, 6) is 0.260. The highest BCUT2D eigenvalue weighted by atomic mass is 35.5. The number of rotatable bonds is 6. The van der Waals surface area contributed by atoms with Crippen LogP contribution >= 0.6 is 11.6 Å². The number of nitrogens with zero attached hydrogens (tertiary/aromatic N) is 2. The van der Waals surface area contributed by atoms with Gasteiger partial charge in [-0.15, -0.1) is 0 Å². The highest BCUT2D eigenvalue weighted by Gasteiger charge is 2.12. The van der Waals surface area contributed by atoms with Crippen molar-refractivity contribution >= 4 is 29.1 Å². The zero-order chi connectivity index (χ0) is 19.2. The summed E-state index contributed by atoms with van der Waals surface area (Å²) < 4.78 is 0. The van der Waals surface area contributed by atoms with Gasteiger partial charge < -0.3 is 10.6 Å². The molecule has 0 saturated heterocycles. The van der Waals surface area contributed by atoms with Crippen molar-refractivity contribution < 1.29 is 4.79 Å². The number of benzene rings is 1. The maximum Gasteiger partial charge on any atom is 0.258 e. The van der Waals surface area contributed by atoms with Gasteiger partial charge in [0.15, 0.2) is 0 Å². The molecule has 0 unspecified atom stereocenters. The summed E-state index contributed by atoms with van der Waals surface area (Å²) in [5, 5.41) is 6.59. The van der Waals surface area contributed by atoms with E-state index in [1.54, 1.807) is 0 Å². The topological polar surface area (TPSA) is 66.9 Å². The Bertz CT molecular complexity index is 823. The Morgan fingerprint density at radius 1 is 1.19 bits per heavy atom. The van der Waals surface area contributed by atoms with Crippen LogP contribution in [0.2, 0.25) is 5.02 Å². The average molecular weight is 385 g/mol. The van der Waals surface area contributed by atoms with Crippen LogP contribution in [0.15, 0.2) is 36.2 Å². The summed E-state index contributed by atoms with van der Waals surface area (Å²) >= 11 is 6.25. The molecular formula is C21H25ClN4O. The van der Waals surface area contributed by atoms with E-state index >= 15 is 0 Å². The predicted molar refractivity (Wildman–Crippen MR) is 111 cm³/mol. The first kappa shape index (κ1) is 19.4. The molecule has 0 radical (unpaired) electrons. The van der Waals surface area contributed by atoms with Gasteiger partial charge in [0.1, 0.15) is 0 Å². The van der Waals surface area contributed by atoms with Crippen LogP contribution < -0.4 is 10.6 Å². The molecule has 0 saturated carbocycles. The van der Waals surface area contributed by atoms with Crippen molar-refractivity contribution in [3.8, 4) is 0 Å². The Morgan fingerprint density at radius 2 is 1.96 bits per heavy atom. The highest BCUT2D eigenvalue weighted by Crippen LogP contribution is 2.27. The molecule has 0 aliphatic heterocycles. The monoisotopic (exact) mass is 384 g/mol. The van der Waals surface area contributed by atoms with E-state index in [4.69, 9.17) is 11.6 Å². The van der Waals surface area contributed by atoms with E-state index in [0.717, 1.165) is 24.1 Å². The van der Waals surface area contributed by atoms with E-state index in [-0.39, 0.29) is 5.91 Å². The van der Waals surface area contributed by atoms with Crippen molar-refractivity contribution in [1.82, 2.24) is 9.97 Å². The number of carbonyl (C=O) groups excluding carboxylic acids is 1. The van der Waals surface area contributed by atoms with E-state index in [1.807, 2.05) is 26.0 Å². The lowest BCUT2D eigenvalue weighted by Crippen LogP contribution is -2.15. The molecule has 1 heterocycles. The van der Waals surface area contributed by atoms with Crippen LogP contribution in [0.1, 0.15) is 53.6 Å². The van der Waals surface area contributed by atoms with Crippen LogP contribution in [0, 0.1) is 13.8 Å². The summed E-state index contributed by atoms with van der Waals surface area (Å²) in [6.45, 7) is 4.68. The number of hydrogen-bond acceptors (Lipinski definition) is 4. The third kappa shape index (κ3) is 5.30. The first-order valence-corrected chi connectivity index (χ1v) is 9.72. The van der Waals surface area contributed by atoms with Crippen LogP contribution in [0.3, 0.4) is 0 Å². The number of anilines is 2. The molecule has 0 fully saturated rings. The molecule has 0 atom stereocenters. The smallest absolute Gasteiger partial charge is 0.258 e. The third-order valence-electron chi connectivity index (χ3n) is 4.70. The maximum absolute atomic E-state index is 12.5. The summed E-state index contributed by atoms with van der Waals surface area (Å²) in [5.41, 5.74) is 4.50. The Kier molecular flexibility index (Phi) is 6.45. The van der Waals surface area contributed by atoms with Crippen LogP contribution in [0.25, 0.3) is 0 Å². The van der Waals surface area contributed by atoms with Gasteiger partial charge >= 0.3 is 0 Å². The van der Waals surface area contributed by atoms with Gasteiger partial charge in [-0.3, -0.25) is 4.79 Å². The van der Waals surface area contributed by atoms with Crippen LogP contribution in [-0.4, -0.2) is 22.4 Å². The van der Waals surface area contributed by atoms with Crippen molar-refractivity contribution in [2.24, 2.45) is 0 Å². The van der Waals surface area contributed by atoms with E-state index < -0.39 is 0 Å². The van der Waals surface area contributed by atoms with E-state index in [9.17, 15) is 4.79 Å². The van der Waals surface area contributed by atoms with Gasteiger partial charge in [-0.25, -0.2) is 9.97 Å². The van der Waals surface area contributed by atoms with Crippen molar-refractivity contribution in [2.45, 2.75) is 46.0 Å². The minimum Gasteiger partial charge on any atom is -0.354 e. The molecular weight excluding hydrogens is 360 g/mol. The summed E-state index contributed by atoms with van der Waals surface area (Å²) in [7, 11) is 0. The molecule has 0 bridgehead atoms. The quantitative estimate of drug-likeness (QED) is 0.663. The second-order valence-corrected chi connectivity index (χ2v) is 7.38. The number of hydrogen-bond donors (Lipinski definition) is 2. The molecule has 1 aliphatic rings. The molecule has 1 aliphatic carbocycles. The molecule has 5 nitrogen and oxygen atoms in total. The Balaban J connectivity index is 1.56. The number of nitrogens with one attached hydrogen (secondary N) is 2. The van der Waals surface area contributed by atoms with Crippen molar-refractivity contribution in [3.63, 3.8) is 0 Å². The fourth-order valence-corrected chi connectivity index (χ4v) is 3.63. The minimum absolute atomic E-state index is 0.275. The van der Waals surface area contributed by atoms with Gasteiger partial charge in [-0.05, 0) is 63.1 Å². The zero-order valence-corrected chi connectivity index (χ0v) is 16.6. The van der Waals surface area contributed by atoms with Crippen molar-refractivity contribution in [3.05, 3.63) is 57.9 Å². The molecule has 1 amide bonds.